The summed E-state index contributed by atoms with van der Waals surface area (Å²) in [6, 6.07) is 6.01. The van der Waals surface area contributed by atoms with Crippen LogP contribution in [-0.4, -0.2) is 5.11 Å². The molecule has 2 aromatic rings. The summed E-state index contributed by atoms with van der Waals surface area (Å²) in [4.78, 5) is 0. The molecule has 3 N–H and O–H groups in total. The number of aliphatic hydroxyl groups is 1. The minimum Gasteiger partial charge on any atom is -0.392 e. The van der Waals surface area contributed by atoms with E-state index in [1.165, 1.54) is 5.56 Å². The first-order valence-corrected chi connectivity index (χ1v) is 4.92. The lowest BCUT2D eigenvalue weighted by molar-refractivity contribution is 0.283. The van der Waals surface area contributed by atoms with Crippen molar-refractivity contribution in [2.24, 2.45) is 0 Å². The molecular weight excluding hydrogens is 182 g/mol. The molecule has 0 radical (unpaired) electrons. The quantitative estimate of drug-likeness (QED) is 0.730. The maximum Gasteiger partial charge on any atom is 0.0868 e. The van der Waals surface area contributed by atoms with Gasteiger partial charge in [-0.05, 0) is 30.2 Å². The van der Waals surface area contributed by atoms with Crippen LogP contribution in [0.15, 0.2) is 18.2 Å². The van der Waals surface area contributed by atoms with Crippen LogP contribution in [0.3, 0.4) is 0 Å². The largest absolute Gasteiger partial charge is 0.392 e. The predicted octanol–water partition coefficient (Wildman–Crippen LogP) is 2.28. The van der Waals surface area contributed by atoms with Gasteiger partial charge < -0.3 is 10.8 Å². The van der Waals surface area contributed by atoms with E-state index in [-0.39, 0.29) is 6.61 Å². The van der Waals surface area contributed by atoms with Crippen LogP contribution in [0.4, 0.5) is 5.00 Å². The number of hydrogen-bond donors (Lipinski definition) is 2. The number of hydrogen-bond acceptors (Lipinski definition) is 3. The van der Waals surface area contributed by atoms with Gasteiger partial charge >= 0.3 is 0 Å². The minimum absolute atomic E-state index is 0.0777. The second-order valence-electron chi connectivity index (χ2n) is 3.14. The summed E-state index contributed by atoms with van der Waals surface area (Å²) in [7, 11) is 0. The Labute approximate surface area is 80.6 Å². The molecule has 0 atom stereocenters. The van der Waals surface area contributed by atoms with E-state index in [4.69, 9.17) is 10.8 Å². The minimum atomic E-state index is 0.0777. The Kier molecular flexibility index (Phi) is 1.98. The third-order valence-corrected chi connectivity index (χ3v) is 2.97. The molecule has 68 valence electrons. The number of nitrogens with two attached hydrogens (primary N) is 1. The lowest BCUT2D eigenvalue weighted by Crippen LogP contribution is -1.84. The second kappa shape index (κ2) is 3.01. The molecule has 0 aliphatic carbocycles. The van der Waals surface area contributed by atoms with Crippen molar-refractivity contribution < 1.29 is 5.11 Å². The lowest BCUT2D eigenvalue weighted by Gasteiger charge is -2.00. The van der Waals surface area contributed by atoms with Crippen molar-refractivity contribution in [1.82, 2.24) is 0 Å². The summed E-state index contributed by atoms with van der Waals surface area (Å²) in [5, 5.41) is 11.0. The Morgan fingerprint density at radius 3 is 2.85 bits per heavy atom. The monoisotopic (exact) mass is 193 g/mol. The van der Waals surface area contributed by atoms with Crippen LogP contribution in [0.5, 0.6) is 0 Å². The average Bonchev–Trinajstić information content (AvgIpc) is 2.43. The van der Waals surface area contributed by atoms with E-state index in [0.29, 0.717) is 0 Å². The van der Waals surface area contributed by atoms with Crippen LogP contribution < -0.4 is 5.73 Å². The number of fused-ring (bicyclic) bond motifs is 1. The van der Waals surface area contributed by atoms with Gasteiger partial charge in [-0.1, -0.05) is 6.07 Å². The Hall–Kier alpha value is -1.06. The van der Waals surface area contributed by atoms with Gasteiger partial charge in [0.05, 0.1) is 11.6 Å². The van der Waals surface area contributed by atoms with Crippen molar-refractivity contribution >= 4 is 26.4 Å². The normalized spacial score (nSPS) is 10.9. The molecule has 0 aliphatic rings. The highest BCUT2D eigenvalue weighted by Crippen LogP contribution is 2.31. The van der Waals surface area contributed by atoms with Crippen molar-refractivity contribution in [1.29, 1.82) is 0 Å². The first kappa shape index (κ1) is 8.53. The second-order valence-corrected chi connectivity index (χ2v) is 4.26. The van der Waals surface area contributed by atoms with Crippen molar-refractivity contribution in [2.45, 2.75) is 13.5 Å². The van der Waals surface area contributed by atoms with Crippen LogP contribution in [0, 0.1) is 6.92 Å². The van der Waals surface area contributed by atoms with Crippen molar-refractivity contribution in [2.75, 3.05) is 5.73 Å². The Morgan fingerprint density at radius 2 is 2.15 bits per heavy atom. The fraction of sp³-hybridized carbons (Fsp3) is 0.200. The molecule has 2 rings (SSSR count). The van der Waals surface area contributed by atoms with E-state index in [2.05, 4.69) is 6.07 Å². The van der Waals surface area contributed by atoms with Gasteiger partial charge in [0, 0.05) is 10.1 Å². The summed E-state index contributed by atoms with van der Waals surface area (Å²) in [6.07, 6.45) is 0. The first-order chi connectivity index (χ1) is 6.20. The van der Waals surface area contributed by atoms with E-state index in [1.54, 1.807) is 11.3 Å². The molecule has 0 aliphatic heterocycles. The van der Waals surface area contributed by atoms with Crippen LogP contribution in [0.1, 0.15) is 11.1 Å². The number of aliphatic hydroxyl groups excluding tert-OH is 1. The molecule has 0 saturated carbocycles. The van der Waals surface area contributed by atoms with Crippen molar-refractivity contribution in [3.8, 4) is 0 Å². The van der Waals surface area contributed by atoms with Gasteiger partial charge in [-0.25, -0.2) is 0 Å². The van der Waals surface area contributed by atoms with Gasteiger partial charge in [-0.15, -0.1) is 11.3 Å². The molecule has 2 nitrogen and oxygen atoms in total. The number of nitrogen functional groups attached to an aromatic ring is 1. The Morgan fingerprint density at radius 1 is 1.38 bits per heavy atom. The molecule has 0 unspecified atom stereocenters. The fourth-order valence-corrected chi connectivity index (χ4v) is 2.49. The van der Waals surface area contributed by atoms with Gasteiger partial charge in [0.1, 0.15) is 0 Å². The Balaban J connectivity index is 2.80. The summed E-state index contributed by atoms with van der Waals surface area (Å²) in [5.74, 6) is 0. The molecule has 1 aromatic heterocycles. The molecule has 13 heavy (non-hydrogen) atoms. The predicted molar refractivity (Wildman–Crippen MR) is 56.9 cm³/mol. The van der Waals surface area contributed by atoms with E-state index < -0.39 is 0 Å². The molecule has 1 aromatic carbocycles. The van der Waals surface area contributed by atoms with Crippen molar-refractivity contribution in [3.63, 3.8) is 0 Å². The zero-order chi connectivity index (χ0) is 9.42. The molecule has 0 amide bonds. The Bertz CT molecular complexity index is 447. The number of rotatable bonds is 1. The zero-order valence-corrected chi connectivity index (χ0v) is 8.19. The highest BCUT2D eigenvalue weighted by atomic mass is 32.1. The molecule has 0 spiro atoms. The lowest BCUT2D eigenvalue weighted by atomic mass is 10.1. The van der Waals surface area contributed by atoms with Crippen LogP contribution in [-0.2, 0) is 6.61 Å². The van der Waals surface area contributed by atoms with Gasteiger partial charge in [0.25, 0.3) is 0 Å². The van der Waals surface area contributed by atoms with E-state index in [0.717, 1.165) is 20.7 Å². The molecule has 0 fully saturated rings. The maximum atomic E-state index is 9.13. The third-order valence-electron chi connectivity index (χ3n) is 2.06. The number of anilines is 1. The van der Waals surface area contributed by atoms with Gasteiger partial charge in [0.2, 0.25) is 0 Å². The fourth-order valence-electron chi connectivity index (χ4n) is 1.51. The van der Waals surface area contributed by atoms with Crippen molar-refractivity contribution in [3.05, 3.63) is 29.3 Å². The summed E-state index contributed by atoms with van der Waals surface area (Å²) in [5.41, 5.74) is 7.83. The number of aryl methyl sites for hydroxylation is 1. The van der Waals surface area contributed by atoms with E-state index >= 15 is 0 Å². The highest BCUT2D eigenvalue weighted by molar-refractivity contribution is 7.22. The van der Waals surface area contributed by atoms with E-state index in [1.807, 2.05) is 19.1 Å². The zero-order valence-electron chi connectivity index (χ0n) is 7.37. The summed E-state index contributed by atoms with van der Waals surface area (Å²) >= 11 is 1.56. The maximum absolute atomic E-state index is 9.13. The van der Waals surface area contributed by atoms with E-state index in [9.17, 15) is 0 Å². The summed E-state index contributed by atoms with van der Waals surface area (Å²) in [6.45, 7) is 2.10. The smallest absolute Gasteiger partial charge is 0.0868 e. The van der Waals surface area contributed by atoms with Gasteiger partial charge in [0.15, 0.2) is 0 Å². The average molecular weight is 193 g/mol. The third kappa shape index (κ3) is 1.41. The SMILES string of the molecule is Cc1cc(CO)c2cc(N)sc2c1. The highest BCUT2D eigenvalue weighted by Gasteiger charge is 2.04. The standard InChI is InChI=1S/C10H11NOS/c1-6-2-7(5-12)8-4-10(11)13-9(8)3-6/h2-4,12H,5,11H2,1H3. The molecule has 0 bridgehead atoms. The van der Waals surface area contributed by atoms with Crippen LogP contribution >= 0.6 is 11.3 Å². The summed E-state index contributed by atoms with van der Waals surface area (Å²) < 4.78 is 1.15. The first-order valence-electron chi connectivity index (χ1n) is 4.10. The molecular formula is C10H11NOS. The number of thiophene rings is 1. The number of benzene rings is 1. The van der Waals surface area contributed by atoms with Gasteiger partial charge in [-0.3, -0.25) is 0 Å². The topological polar surface area (TPSA) is 46.2 Å². The van der Waals surface area contributed by atoms with Gasteiger partial charge in [-0.2, -0.15) is 0 Å². The molecule has 0 saturated heterocycles. The molecule has 3 heteroatoms. The van der Waals surface area contributed by atoms with Crippen LogP contribution in [0.2, 0.25) is 0 Å². The van der Waals surface area contributed by atoms with Crippen LogP contribution in [0.25, 0.3) is 10.1 Å². The molecule has 1 heterocycles.